The summed E-state index contributed by atoms with van der Waals surface area (Å²) in [4.78, 5) is 21.7. The molecule has 0 aliphatic carbocycles. The van der Waals surface area contributed by atoms with Crippen LogP contribution < -0.4 is 15.4 Å². The summed E-state index contributed by atoms with van der Waals surface area (Å²) < 4.78 is 26.2. The Morgan fingerprint density at radius 2 is 2.04 bits per heavy atom. The topological polar surface area (TPSA) is 118 Å². The second-order valence-electron chi connectivity index (χ2n) is 6.55. The first-order chi connectivity index (χ1) is 12.8. The molecule has 0 aromatic carbocycles. The van der Waals surface area contributed by atoms with Crippen molar-refractivity contribution in [2.45, 2.75) is 32.7 Å². The molecule has 2 aromatic heterocycles. The summed E-state index contributed by atoms with van der Waals surface area (Å²) in [5, 5.41) is 0. The van der Waals surface area contributed by atoms with E-state index in [4.69, 9.17) is 5.73 Å². The average Bonchev–Trinajstić information content (AvgIpc) is 2.66. The third kappa shape index (κ3) is 4.25. The van der Waals surface area contributed by atoms with E-state index < -0.39 is 22.1 Å². The van der Waals surface area contributed by atoms with Gasteiger partial charge >= 0.3 is 6.03 Å². The van der Waals surface area contributed by atoms with Gasteiger partial charge in [-0.05, 0) is 49.9 Å². The highest BCUT2D eigenvalue weighted by atomic mass is 32.2. The summed E-state index contributed by atoms with van der Waals surface area (Å²) in [6.45, 7) is 3.95. The van der Waals surface area contributed by atoms with Crippen molar-refractivity contribution in [2.75, 3.05) is 17.2 Å². The summed E-state index contributed by atoms with van der Waals surface area (Å²) >= 11 is 0. The molecule has 3 N–H and O–H groups in total. The quantitative estimate of drug-likeness (QED) is 0.810. The zero-order valence-electron chi connectivity index (χ0n) is 15.3. The van der Waals surface area contributed by atoms with Gasteiger partial charge in [-0.3, -0.25) is 9.88 Å². The van der Waals surface area contributed by atoms with E-state index in [1.165, 1.54) is 4.90 Å². The number of fused-ring (bicyclic) bond motifs is 1. The highest BCUT2D eigenvalue weighted by Gasteiger charge is 2.22. The highest BCUT2D eigenvalue weighted by molar-refractivity contribution is 7.89. The van der Waals surface area contributed by atoms with E-state index in [9.17, 15) is 13.2 Å². The van der Waals surface area contributed by atoms with E-state index in [1.54, 1.807) is 32.4 Å². The van der Waals surface area contributed by atoms with Crippen molar-refractivity contribution in [3.63, 3.8) is 0 Å². The molecule has 1 atom stereocenters. The van der Waals surface area contributed by atoms with Crippen LogP contribution in [-0.4, -0.2) is 36.7 Å². The van der Waals surface area contributed by atoms with Crippen molar-refractivity contribution in [3.05, 3.63) is 41.9 Å². The molecule has 0 spiro atoms. The Morgan fingerprint density at radius 3 is 2.74 bits per heavy atom. The van der Waals surface area contributed by atoms with Crippen molar-refractivity contribution in [1.29, 1.82) is 0 Å². The summed E-state index contributed by atoms with van der Waals surface area (Å²) in [5.41, 5.74) is 8.85. The first kappa shape index (κ1) is 19.2. The molecular formula is C18H23N5O3S. The number of anilines is 1. The van der Waals surface area contributed by atoms with Gasteiger partial charge in [0.15, 0.2) is 0 Å². The number of nitrogens with two attached hydrogens (primary N) is 1. The number of rotatable bonds is 5. The minimum absolute atomic E-state index is 0.0234. The van der Waals surface area contributed by atoms with Crippen molar-refractivity contribution in [2.24, 2.45) is 5.73 Å². The van der Waals surface area contributed by atoms with Gasteiger partial charge in [-0.25, -0.2) is 22.9 Å². The highest BCUT2D eigenvalue weighted by Crippen LogP contribution is 2.30. The molecular weight excluding hydrogens is 366 g/mol. The molecule has 3 rings (SSSR count). The predicted molar refractivity (Wildman–Crippen MR) is 104 cm³/mol. The van der Waals surface area contributed by atoms with E-state index in [-0.39, 0.29) is 5.75 Å². The van der Waals surface area contributed by atoms with E-state index in [0.717, 1.165) is 35.1 Å². The first-order valence-electron chi connectivity index (χ1n) is 8.82. The molecule has 1 aliphatic heterocycles. The van der Waals surface area contributed by atoms with Gasteiger partial charge in [0.05, 0.1) is 5.75 Å². The number of hydrogen-bond donors (Lipinski definition) is 2. The SMILES string of the molecule is CCS(=O)(=O)NC(C)c1cncc(-c2cnc3c(c2)CCCN3C(N)=O)c1. The zero-order valence-corrected chi connectivity index (χ0v) is 16.2. The number of sulfonamides is 1. The Morgan fingerprint density at radius 1 is 1.30 bits per heavy atom. The second kappa shape index (κ2) is 7.61. The van der Waals surface area contributed by atoms with E-state index in [0.29, 0.717) is 12.4 Å². The minimum Gasteiger partial charge on any atom is -0.351 e. The van der Waals surface area contributed by atoms with Crippen LogP contribution in [0.3, 0.4) is 0 Å². The van der Waals surface area contributed by atoms with E-state index in [1.807, 2.05) is 12.1 Å². The summed E-state index contributed by atoms with van der Waals surface area (Å²) in [7, 11) is -3.31. The Balaban J connectivity index is 1.91. The van der Waals surface area contributed by atoms with Crippen molar-refractivity contribution in [3.8, 4) is 11.1 Å². The fraction of sp³-hybridized carbons (Fsp3) is 0.389. The standard InChI is InChI=1S/C18H23N5O3S/c1-3-27(25,26)22-12(2)14-8-15(10-20-9-14)16-7-13-5-4-6-23(18(19)24)17(13)21-11-16/h7-12,22H,3-6H2,1-2H3,(H2,19,24). The van der Waals surface area contributed by atoms with Crippen molar-refractivity contribution < 1.29 is 13.2 Å². The molecule has 9 heteroatoms. The lowest BCUT2D eigenvalue weighted by atomic mass is 10.00. The Bertz CT molecular complexity index is 961. The largest absolute Gasteiger partial charge is 0.351 e. The molecule has 0 saturated heterocycles. The number of primary amides is 1. The maximum atomic E-state index is 11.8. The van der Waals surface area contributed by atoms with Gasteiger partial charge in [-0.1, -0.05) is 0 Å². The Labute approximate surface area is 158 Å². The molecule has 144 valence electrons. The molecule has 1 unspecified atom stereocenters. The molecule has 8 nitrogen and oxygen atoms in total. The van der Waals surface area contributed by atoms with Crippen LogP contribution in [0.5, 0.6) is 0 Å². The van der Waals surface area contributed by atoms with E-state index >= 15 is 0 Å². The summed E-state index contributed by atoms with van der Waals surface area (Å²) in [6, 6.07) is 2.99. The molecule has 1 aliphatic rings. The minimum atomic E-state index is -3.31. The van der Waals surface area contributed by atoms with Crippen LogP contribution in [0.2, 0.25) is 0 Å². The number of carbonyl (C=O) groups is 1. The fourth-order valence-electron chi connectivity index (χ4n) is 3.11. The molecule has 2 amide bonds. The van der Waals surface area contributed by atoms with Crippen LogP contribution >= 0.6 is 0 Å². The second-order valence-corrected chi connectivity index (χ2v) is 8.59. The maximum Gasteiger partial charge on any atom is 0.320 e. The average molecular weight is 389 g/mol. The number of hydrogen-bond acceptors (Lipinski definition) is 5. The van der Waals surface area contributed by atoms with Crippen molar-refractivity contribution in [1.82, 2.24) is 14.7 Å². The Kier molecular flexibility index (Phi) is 5.43. The fourth-order valence-corrected chi connectivity index (χ4v) is 3.95. The molecule has 0 fully saturated rings. The lowest BCUT2D eigenvalue weighted by Gasteiger charge is -2.27. The normalized spacial score (nSPS) is 15.3. The smallest absolute Gasteiger partial charge is 0.320 e. The molecule has 0 bridgehead atoms. The molecule has 0 saturated carbocycles. The summed E-state index contributed by atoms with van der Waals surface area (Å²) in [5.74, 6) is 0.626. The molecule has 0 radical (unpaired) electrons. The van der Waals surface area contributed by atoms with Gasteiger partial charge in [0.1, 0.15) is 5.82 Å². The molecule has 2 aromatic rings. The third-order valence-corrected chi connectivity index (χ3v) is 6.09. The van der Waals surface area contributed by atoms with Crippen LogP contribution in [0.15, 0.2) is 30.7 Å². The van der Waals surface area contributed by atoms with Gasteiger partial charge in [0, 0.05) is 42.3 Å². The van der Waals surface area contributed by atoms with Crippen LogP contribution in [0.4, 0.5) is 10.6 Å². The molecule has 3 heterocycles. The van der Waals surface area contributed by atoms with Gasteiger partial charge in [0.25, 0.3) is 0 Å². The number of nitrogens with one attached hydrogen (secondary N) is 1. The summed E-state index contributed by atoms with van der Waals surface area (Å²) in [6.07, 6.45) is 6.69. The lowest BCUT2D eigenvalue weighted by molar-refractivity contribution is 0.253. The maximum absolute atomic E-state index is 11.8. The molecule has 27 heavy (non-hydrogen) atoms. The first-order valence-corrected chi connectivity index (χ1v) is 10.5. The number of pyridine rings is 2. The number of aromatic nitrogens is 2. The predicted octanol–water partition coefficient (Wildman–Crippen LogP) is 1.98. The monoisotopic (exact) mass is 389 g/mol. The lowest BCUT2D eigenvalue weighted by Crippen LogP contribution is -2.40. The van der Waals surface area contributed by atoms with Gasteiger partial charge < -0.3 is 5.73 Å². The van der Waals surface area contributed by atoms with Crippen LogP contribution in [0.1, 0.15) is 37.4 Å². The number of nitrogens with zero attached hydrogens (tertiary/aromatic N) is 3. The van der Waals surface area contributed by atoms with Gasteiger partial charge in [-0.15, -0.1) is 0 Å². The van der Waals surface area contributed by atoms with Gasteiger partial charge in [0.2, 0.25) is 10.0 Å². The Hall–Kier alpha value is -2.52. The van der Waals surface area contributed by atoms with Crippen LogP contribution in [-0.2, 0) is 16.4 Å². The zero-order chi connectivity index (χ0) is 19.6. The van der Waals surface area contributed by atoms with E-state index in [2.05, 4.69) is 14.7 Å². The van der Waals surface area contributed by atoms with Crippen LogP contribution in [0.25, 0.3) is 11.1 Å². The number of amides is 2. The van der Waals surface area contributed by atoms with Gasteiger partial charge in [-0.2, -0.15) is 0 Å². The number of urea groups is 1. The number of aryl methyl sites for hydroxylation is 1. The number of carbonyl (C=O) groups excluding carboxylic acids is 1. The van der Waals surface area contributed by atoms with Crippen LogP contribution in [0, 0.1) is 0 Å². The third-order valence-electron chi connectivity index (χ3n) is 4.62. The van der Waals surface area contributed by atoms with Crippen molar-refractivity contribution >= 4 is 21.9 Å².